The van der Waals surface area contributed by atoms with E-state index < -0.39 is 0 Å². The normalized spacial score (nSPS) is 38.6. The summed E-state index contributed by atoms with van der Waals surface area (Å²) in [7, 11) is 3.46. The van der Waals surface area contributed by atoms with Crippen molar-refractivity contribution in [2.75, 3.05) is 20.8 Å². The summed E-state index contributed by atoms with van der Waals surface area (Å²) in [6, 6.07) is 4.87. The Kier molecular flexibility index (Phi) is 3.67. The van der Waals surface area contributed by atoms with Gasteiger partial charge in [0.2, 0.25) is 0 Å². The molecule has 0 spiro atoms. The van der Waals surface area contributed by atoms with E-state index in [-0.39, 0.29) is 17.6 Å². The van der Waals surface area contributed by atoms with E-state index in [4.69, 9.17) is 9.47 Å². The summed E-state index contributed by atoms with van der Waals surface area (Å²) < 4.78 is 11.1. The van der Waals surface area contributed by atoms with Crippen molar-refractivity contribution in [3.63, 3.8) is 0 Å². The molecule has 1 heterocycles. The van der Waals surface area contributed by atoms with Crippen molar-refractivity contribution >= 4 is 0 Å². The van der Waals surface area contributed by atoms with Crippen molar-refractivity contribution in [2.45, 2.75) is 56.3 Å². The Labute approximate surface area is 138 Å². The van der Waals surface area contributed by atoms with E-state index in [9.17, 15) is 5.11 Å². The van der Waals surface area contributed by atoms with Gasteiger partial charge in [0, 0.05) is 18.6 Å². The maximum Gasteiger partial charge on any atom is 0.119 e. The zero-order chi connectivity index (χ0) is 16.2. The molecule has 3 aliphatic rings. The van der Waals surface area contributed by atoms with E-state index in [0.717, 1.165) is 38.0 Å². The number of methoxy groups -OCH3 is 2. The number of ether oxygens (including phenoxy) is 2. The van der Waals surface area contributed by atoms with Crippen molar-refractivity contribution in [2.24, 2.45) is 5.92 Å². The van der Waals surface area contributed by atoms with Gasteiger partial charge in [0.15, 0.2) is 0 Å². The molecule has 4 rings (SSSR count). The van der Waals surface area contributed by atoms with Crippen LogP contribution in [0, 0.1) is 12.8 Å². The van der Waals surface area contributed by atoms with Gasteiger partial charge in [0.1, 0.15) is 5.75 Å². The largest absolute Gasteiger partial charge is 0.497 e. The summed E-state index contributed by atoms with van der Waals surface area (Å²) in [5.74, 6) is 1.47. The van der Waals surface area contributed by atoms with E-state index in [1.54, 1.807) is 14.2 Å². The van der Waals surface area contributed by atoms with Crippen LogP contribution >= 0.6 is 0 Å². The quantitative estimate of drug-likeness (QED) is 0.875. The maximum atomic E-state index is 10.7. The third kappa shape index (κ3) is 2.15. The first-order valence-corrected chi connectivity index (χ1v) is 8.71. The summed E-state index contributed by atoms with van der Waals surface area (Å²) in [4.78, 5) is 0. The molecule has 126 valence electrons. The summed E-state index contributed by atoms with van der Waals surface area (Å²) >= 11 is 0. The Morgan fingerprint density at radius 3 is 2.87 bits per heavy atom. The molecular weight excluding hydrogens is 290 g/mol. The zero-order valence-corrected chi connectivity index (χ0v) is 14.3. The topological polar surface area (TPSA) is 50.7 Å². The molecule has 1 aromatic carbocycles. The molecule has 5 atom stereocenters. The highest BCUT2D eigenvalue weighted by Crippen LogP contribution is 2.55. The molecule has 1 saturated carbocycles. The number of piperidine rings is 1. The second kappa shape index (κ2) is 5.47. The molecule has 1 aliphatic heterocycles. The van der Waals surface area contributed by atoms with Gasteiger partial charge in [-0.3, -0.25) is 0 Å². The van der Waals surface area contributed by atoms with Crippen molar-refractivity contribution in [1.29, 1.82) is 0 Å². The van der Waals surface area contributed by atoms with E-state index in [1.807, 2.05) is 0 Å². The first-order valence-electron chi connectivity index (χ1n) is 8.71. The lowest BCUT2D eigenvalue weighted by atomic mass is 9.51. The lowest BCUT2D eigenvalue weighted by Crippen LogP contribution is -2.63. The predicted molar refractivity (Wildman–Crippen MR) is 89.0 cm³/mol. The highest BCUT2D eigenvalue weighted by atomic mass is 16.5. The van der Waals surface area contributed by atoms with Gasteiger partial charge in [-0.2, -0.15) is 0 Å². The minimum absolute atomic E-state index is 0.0382. The van der Waals surface area contributed by atoms with Gasteiger partial charge >= 0.3 is 0 Å². The Hall–Kier alpha value is -1.10. The van der Waals surface area contributed by atoms with Crippen LogP contribution in [0.15, 0.2) is 12.1 Å². The minimum Gasteiger partial charge on any atom is -0.497 e. The average Bonchev–Trinajstić information content (AvgIpc) is 2.54. The van der Waals surface area contributed by atoms with Crippen LogP contribution < -0.4 is 10.1 Å². The second-order valence-electron chi connectivity index (χ2n) is 7.53. The zero-order valence-electron chi connectivity index (χ0n) is 14.3. The first-order chi connectivity index (χ1) is 11.1. The molecule has 4 nitrogen and oxygen atoms in total. The lowest BCUT2D eigenvalue weighted by Gasteiger charge is -2.58. The summed E-state index contributed by atoms with van der Waals surface area (Å²) in [6.07, 6.45) is 3.47. The molecule has 2 bridgehead atoms. The van der Waals surface area contributed by atoms with Gasteiger partial charge in [-0.1, -0.05) is 0 Å². The smallest absolute Gasteiger partial charge is 0.119 e. The van der Waals surface area contributed by atoms with E-state index in [1.165, 1.54) is 16.7 Å². The molecular formula is C19H27NO3. The maximum absolute atomic E-state index is 10.7. The van der Waals surface area contributed by atoms with Crippen LogP contribution in [-0.2, 0) is 16.6 Å². The fourth-order valence-corrected chi connectivity index (χ4v) is 5.50. The van der Waals surface area contributed by atoms with E-state index >= 15 is 0 Å². The fourth-order valence-electron chi connectivity index (χ4n) is 5.50. The summed E-state index contributed by atoms with van der Waals surface area (Å²) in [5.41, 5.74) is 4.26. The van der Waals surface area contributed by atoms with Gasteiger partial charge in [-0.15, -0.1) is 0 Å². The highest BCUT2D eigenvalue weighted by molar-refractivity contribution is 5.50. The van der Waals surface area contributed by atoms with Crippen LogP contribution in [0.5, 0.6) is 5.75 Å². The Morgan fingerprint density at radius 2 is 2.13 bits per heavy atom. The van der Waals surface area contributed by atoms with Crippen LogP contribution in [0.25, 0.3) is 0 Å². The van der Waals surface area contributed by atoms with Crippen LogP contribution in [-0.4, -0.2) is 44.1 Å². The molecule has 23 heavy (non-hydrogen) atoms. The Balaban J connectivity index is 1.87. The fraction of sp³-hybridized carbons (Fsp3) is 0.684. The molecule has 2 N–H and O–H groups in total. The number of hydrogen-bond donors (Lipinski definition) is 2. The number of aryl methyl sites for hydroxylation is 1. The third-order valence-electron chi connectivity index (χ3n) is 6.61. The number of rotatable bonds is 2. The molecule has 0 aromatic heterocycles. The number of aliphatic hydroxyl groups is 1. The van der Waals surface area contributed by atoms with Gasteiger partial charge in [-0.25, -0.2) is 0 Å². The van der Waals surface area contributed by atoms with Crippen molar-refractivity contribution in [3.8, 4) is 5.75 Å². The molecule has 4 heteroatoms. The molecule has 2 fully saturated rings. The molecule has 0 amide bonds. The van der Waals surface area contributed by atoms with Gasteiger partial charge in [0.25, 0.3) is 0 Å². The van der Waals surface area contributed by atoms with Gasteiger partial charge < -0.3 is 19.9 Å². The molecule has 2 unspecified atom stereocenters. The summed E-state index contributed by atoms with van der Waals surface area (Å²) in [5, 5.41) is 14.4. The predicted octanol–water partition coefficient (Wildman–Crippen LogP) is 1.95. The average molecular weight is 317 g/mol. The third-order valence-corrected chi connectivity index (χ3v) is 6.61. The van der Waals surface area contributed by atoms with Crippen molar-refractivity contribution in [3.05, 3.63) is 28.8 Å². The number of aliphatic hydroxyl groups excluding tert-OH is 1. The molecule has 0 radical (unpaired) electrons. The number of hydrogen-bond acceptors (Lipinski definition) is 4. The Bertz CT molecular complexity index is 617. The Morgan fingerprint density at radius 1 is 1.30 bits per heavy atom. The first kappa shape index (κ1) is 15.4. The number of benzene rings is 1. The number of fused-ring (bicyclic) bond motifs is 1. The van der Waals surface area contributed by atoms with Crippen LogP contribution in [0.3, 0.4) is 0 Å². The minimum atomic E-state index is -0.382. The second-order valence-corrected chi connectivity index (χ2v) is 7.53. The van der Waals surface area contributed by atoms with Crippen molar-refractivity contribution < 1.29 is 14.6 Å². The standard InChI is InChI=1S/C19H27NO3/c1-11-6-12(22-2)7-14-13(11)8-16-15-9-18(23-3)17(21)10-19(14,15)4-5-20-16/h6-7,15-18,20-21H,4-5,8-10H2,1-3H3/t15-,16+,17?,18?,19+/m0/s1. The van der Waals surface area contributed by atoms with E-state index in [2.05, 4.69) is 24.4 Å². The highest BCUT2D eigenvalue weighted by Gasteiger charge is 2.56. The van der Waals surface area contributed by atoms with E-state index in [0.29, 0.717) is 12.0 Å². The van der Waals surface area contributed by atoms with Crippen LogP contribution in [0.2, 0.25) is 0 Å². The molecule has 1 saturated heterocycles. The SMILES string of the molecule is COc1cc(C)c2c(c1)[C@]13CCN[C@H](C2)[C@@H]1CC(OC)C(O)C3. The molecule has 2 aliphatic carbocycles. The summed E-state index contributed by atoms with van der Waals surface area (Å²) in [6.45, 7) is 3.21. The van der Waals surface area contributed by atoms with Gasteiger partial charge in [0.05, 0.1) is 19.3 Å². The van der Waals surface area contributed by atoms with Crippen molar-refractivity contribution in [1.82, 2.24) is 5.32 Å². The van der Waals surface area contributed by atoms with Crippen LogP contribution in [0.1, 0.15) is 36.0 Å². The number of nitrogens with one attached hydrogen (secondary N) is 1. The van der Waals surface area contributed by atoms with Gasteiger partial charge in [-0.05, 0) is 73.9 Å². The van der Waals surface area contributed by atoms with Crippen LogP contribution in [0.4, 0.5) is 0 Å². The molecule has 1 aromatic rings. The lowest BCUT2D eigenvalue weighted by molar-refractivity contribution is -0.0965. The monoisotopic (exact) mass is 317 g/mol.